The van der Waals surface area contributed by atoms with Crippen molar-refractivity contribution in [3.8, 4) is 5.75 Å². The molecule has 1 N–H and O–H groups in total. The monoisotopic (exact) mass is 299 g/mol. The normalized spacial score (nSPS) is 10.9. The lowest BCUT2D eigenvalue weighted by atomic mass is 10.2. The van der Waals surface area contributed by atoms with Crippen molar-refractivity contribution < 1.29 is 13.9 Å². The van der Waals surface area contributed by atoms with Crippen LogP contribution < -0.4 is 10.1 Å². The number of amides is 1. The van der Waals surface area contributed by atoms with E-state index in [9.17, 15) is 9.18 Å². The SMILES string of the molecule is CC(C)Oc1ccc(NC(=O)C=Cc2ccc(F)cc2)cc1. The van der Waals surface area contributed by atoms with Gasteiger partial charge in [-0.05, 0) is 61.9 Å². The van der Waals surface area contributed by atoms with Gasteiger partial charge in [-0.2, -0.15) is 0 Å². The smallest absolute Gasteiger partial charge is 0.248 e. The van der Waals surface area contributed by atoms with Crippen LogP contribution in [0.5, 0.6) is 5.75 Å². The van der Waals surface area contributed by atoms with Crippen molar-refractivity contribution >= 4 is 17.7 Å². The van der Waals surface area contributed by atoms with Crippen molar-refractivity contribution in [3.05, 3.63) is 66.0 Å². The molecule has 0 aliphatic carbocycles. The van der Waals surface area contributed by atoms with Crippen LogP contribution in [0.3, 0.4) is 0 Å². The quantitative estimate of drug-likeness (QED) is 0.838. The van der Waals surface area contributed by atoms with Crippen LogP contribution in [0.2, 0.25) is 0 Å². The number of carbonyl (C=O) groups excluding carboxylic acids is 1. The van der Waals surface area contributed by atoms with E-state index < -0.39 is 0 Å². The van der Waals surface area contributed by atoms with Gasteiger partial charge >= 0.3 is 0 Å². The molecule has 2 aromatic rings. The molecule has 0 radical (unpaired) electrons. The minimum absolute atomic E-state index is 0.110. The van der Waals surface area contributed by atoms with E-state index in [4.69, 9.17) is 4.74 Å². The molecule has 1 amide bonds. The molecule has 0 bridgehead atoms. The molecule has 22 heavy (non-hydrogen) atoms. The molecule has 0 saturated carbocycles. The second-order valence-electron chi connectivity index (χ2n) is 5.07. The number of carbonyl (C=O) groups is 1. The fraction of sp³-hybridized carbons (Fsp3) is 0.167. The van der Waals surface area contributed by atoms with Crippen LogP contribution in [-0.4, -0.2) is 12.0 Å². The van der Waals surface area contributed by atoms with Crippen LogP contribution in [0.4, 0.5) is 10.1 Å². The van der Waals surface area contributed by atoms with Gasteiger partial charge in [-0.3, -0.25) is 4.79 Å². The first-order valence-corrected chi connectivity index (χ1v) is 7.04. The van der Waals surface area contributed by atoms with E-state index in [1.54, 1.807) is 42.5 Å². The first-order valence-electron chi connectivity index (χ1n) is 7.04. The highest BCUT2D eigenvalue weighted by atomic mass is 19.1. The van der Waals surface area contributed by atoms with Crippen molar-refractivity contribution in [3.63, 3.8) is 0 Å². The average molecular weight is 299 g/mol. The summed E-state index contributed by atoms with van der Waals surface area (Å²) in [5.41, 5.74) is 1.45. The molecule has 2 aromatic carbocycles. The van der Waals surface area contributed by atoms with Gasteiger partial charge in [0.15, 0.2) is 0 Å². The summed E-state index contributed by atoms with van der Waals surface area (Å²) in [7, 11) is 0. The minimum atomic E-state index is -0.301. The summed E-state index contributed by atoms with van der Waals surface area (Å²) in [5, 5.41) is 2.75. The highest BCUT2D eigenvalue weighted by molar-refractivity contribution is 6.01. The van der Waals surface area contributed by atoms with E-state index in [0.717, 1.165) is 11.3 Å². The average Bonchev–Trinajstić information content (AvgIpc) is 2.48. The van der Waals surface area contributed by atoms with Crippen LogP contribution in [0.15, 0.2) is 54.6 Å². The molecule has 114 valence electrons. The third kappa shape index (κ3) is 5.05. The zero-order valence-corrected chi connectivity index (χ0v) is 12.5. The predicted octanol–water partition coefficient (Wildman–Crippen LogP) is 4.26. The van der Waals surface area contributed by atoms with E-state index in [1.165, 1.54) is 18.2 Å². The van der Waals surface area contributed by atoms with Crippen LogP contribution in [0, 0.1) is 5.82 Å². The molecule has 0 heterocycles. The van der Waals surface area contributed by atoms with Gasteiger partial charge in [-0.15, -0.1) is 0 Å². The molecule has 0 aliphatic rings. The summed E-state index contributed by atoms with van der Waals surface area (Å²) in [6, 6.07) is 13.1. The summed E-state index contributed by atoms with van der Waals surface area (Å²) in [6.45, 7) is 3.91. The fourth-order valence-electron chi connectivity index (χ4n) is 1.82. The largest absolute Gasteiger partial charge is 0.491 e. The molecule has 2 rings (SSSR count). The second kappa shape index (κ2) is 7.41. The summed E-state index contributed by atoms with van der Waals surface area (Å²) in [5.74, 6) is 0.210. The number of benzene rings is 2. The zero-order chi connectivity index (χ0) is 15.9. The summed E-state index contributed by atoms with van der Waals surface area (Å²) in [6.07, 6.45) is 3.15. The molecule has 0 aromatic heterocycles. The third-order valence-electron chi connectivity index (χ3n) is 2.79. The zero-order valence-electron chi connectivity index (χ0n) is 12.5. The van der Waals surface area contributed by atoms with Crippen LogP contribution in [0.25, 0.3) is 6.08 Å². The number of ether oxygens (including phenoxy) is 1. The van der Waals surface area contributed by atoms with E-state index >= 15 is 0 Å². The number of nitrogens with one attached hydrogen (secondary N) is 1. The molecule has 0 saturated heterocycles. The highest BCUT2D eigenvalue weighted by Crippen LogP contribution is 2.17. The molecule has 0 fully saturated rings. The van der Waals surface area contributed by atoms with Gasteiger partial charge in [-0.25, -0.2) is 4.39 Å². The summed E-state index contributed by atoms with van der Waals surface area (Å²) >= 11 is 0. The molecule has 0 spiro atoms. The summed E-state index contributed by atoms with van der Waals surface area (Å²) < 4.78 is 18.3. The maximum absolute atomic E-state index is 12.8. The van der Waals surface area contributed by atoms with Crippen molar-refractivity contribution in [1.29, 1.82) is 0 Å². The van der Waals surface area contributed by atoms with Crippen LogP contribution in [-0.2, 0) is 4.79 Å². The van der Waals surface area contributed by atoms with E-state index in [0.29, 0.717) is 5.69 Å². The number of rotatable bonds is 5. The maximum atomic E-state index is 12.8. The van der Waals surface area contributed by atoms with Crippen molar-refractivity contribution in [2.45, 2.75) is 20.0 Å². The van der Waals surface area contributed by atoms with Crippen LogP contribution in [0.1, 0.15) is 19.4 Å². The first kappa shape index (κ1) is 15.8. The topological polar surface area (TPSA) is 38.3 Å². The van der Waals surface area contributed by atoms with Crippen molar-refractivity contribution in [2.24, 2.45) is 0 Å². The van der Waals surface area contributed by atoms with E-state index in [1.807, 2.05) is 13.8 Å². The first-order chi connectivity index (χ1) is 10.5. The van der Waals surface area contributed by atoms with Crippen LogP contribution >= 0.6 is 0 Å². The lowest BCUT2D eigenvalue weighted by Crippen LogP contribution is -2.08. The molecule has 3 nitrogen and oxygen atoms in total. The second-order valence-corrected chi connectivity index (χ2v) is 5.07. The number of anilines is 1. The van der Waals surface area contributed by atoms with Gasteiger partial charge in [0.2, 0.25) is 5.91 Å². The Morgan fingerprint density at radius 1 is 1.09 bits per heavy atom. The highest BCUT2D eigenvalue weighted by Gasteiger charge is 2.00. The van der Waals surface area contributed by atoms with Crippen molar-refractivity contribution in [1.82, 2.24) is 0 Å². The molecular formula is C18H18FNO2. The Kier molecular flexibility index (Phi) is 5.31. The Morgan fingerprint density at radius 2 is 1.73 bits per heavy atom. The number of hydrogen-bond acceptors (Lipinski definition) is 2. The minimum Gasteiger partial charge on any atom is -0.491 e. The van der Waals surface area contributed by atoms with Gasteiger partial charge in [0, 0.05) is 11.8 Å². The van der Waals surface area contributed by atoms with Gasteiger partial charge in [-0.1, -0.05) is 12.1 Å². The molecule has 0 aliphatic heterocycles. The lowest BCUT2D eigenvalue weighted by Gasteiger charge is -2.10. The number of hydrogen-bond donors (Lipinski definition) is 1. The molecule has 4 heteroatoms. The maximum Gasteiger partial charge on any atom is 0.248 e. The Balaban J connectivity index is 1.92. The van der Waals surface area contributed by atoms with E-state index in [2.05, 4.69) is 5.32 Å². The van der Waals surface area contributed by atoms with Gasteiger partial charge in [0.05, 0.1) is 6.10 Å². The van der Waals surface area contributed by atoms with Gasteiger partial charge in [0.25, 0.3) is 0 Å². The predicted molar refractivity (Wildman–Crippen MR) is 86.3 cm³/mol. The van der Waals surface area contributed by atoms with Gasteiger partial charge < -0.3 is 10.1 Å². The van der Waals surface area contributed by atoms with Crippen molar-refractivity contribution in [2.75, 3.05) is 5.32 Å². The lowest BCUT2D eigenvalue weighted by molar-refractivity contribution is -0.111. The third-order valence-corrected chi connectivity index (χ3v) is 2.79. The molecule has 0 unspecified atom stereocenters. The molecular weight excluding hydrogens is 281 g/mol. The Morgan fingerprint density at radius 3 is 2.32 bits per heavy atom. The standard InChI is InChI=1S/C18H18FNO2/c1-13(2)22-17-10-8-16(9-11-17)20-18(21)12-5-14-3-6-15(19)7-4-14/h3-13H,1-2H3,(H,20,21). The fourth-order valence-corrected chi connectivity index (χ4v) is 1.82. The number of halogens is 1. The Labute approximate surface area is 129 Å². The Hall–Kier alpha value is -2.62. The summed E-state index contributed by atoms with van der Waals surface area (Å²) in [4.78, 5) is 11.8. The van der Waals surface area contributed by atoms with Gasteiger partial charge in [0.1, 0.15) is 11.6 Å². The van der Waals surface area contributed by atoms with E-state index in [-0.39, 0.29) is 17.8 Å². The molecule has 0 atom stereocenters. The Bertz CT molecular complexity index is 646.